The molecule has 0 bridgehead atoms. The Morgan fingerprint density at radius 2 is 1.96 bits per heavy atom. The standard InChI is InChI=1S/C18H26N2O4/c1-5-23-15(21)10-18(13-7-6-8-14(19)9-13)11-20(12-18)16(22)24-17(2,3)4/h6-9H,5,10-12,19H2,1-4H3. The second-order valence-electron chi connectivity index (χ2n) is 7.22. The van der Waals surface area contributed by atoms with Crippen molar-refractivity contribution in [2.24, 2.45) is 0 Å². The van der Waals surface area contributed by atoms with Crippen LogP contribution < -0.4 is 5.73 Å². The average molecular weight is 334 g/mol. The third-order valence-electron chi connectivity index (χ3n) is 3.93. The van der Waals surface area contributed by atoms with E-state index in [-0.39, 0.29) is 18.5 Å². The average Bonchev–Trinajstić information content (AvgIpc) is 2.40. The summed E-state index contributed by atoms with van der Waals surface area (Å²) >= 11 is 0. The Hall–Kier alpha value is -2.24. The van der Waals surface area contributed by atoms with Gasteiger partial charge < -0.3 is 20.1 Å². The van der Waals surface area contributed by atoms with Crippen molar-refractivity contribution in [3.05, 3.63) is 29.8 Å². The summed E-state index contributed by atoms with van der Waals surface area (Å²) in [4.78, 5) is 25.8. The monoisotopic (exact) mass is 334 g/mol. The highest BCUT2D eigenvalue weighted by atomic mass is 16.6. The number of hydrogen-bond donors (Lipinski definition) is 1. The Bertz CT molecular complexity index is 616. The molecule has 0 aromatic heterocycles. The number of nitrogens with zero attached hydrogens (tertiary/aromatic N) is 1. The number of esters is 1. The fraction of sp³-hybridized carbons (Fsp3) is 0.556. The maximum absolute atomic E-state index is 12.2. The molecule has 0 spiro atoms. The van der Waals surface area contributed by atoms with E-state index < -0.39 is 11.0 Å². The molecule has 2 rings (SSSR count). The van der Waals surface area contributed by atoms with Crippen molar-refractivity contribution in [3.63, 3.8) is 0 Å². The van der Waals surface area contributed by atoms with Crippen molar-refractivity contribution in [3.8, 4) is 0 Å². The van der Waals surface area contributed by atoms with E-state index in [9.17, 15) is 9.59 Å². The van der Waals surface area contributed by atoms with Gasteiger partial charge in [0.1, 0.15) is 5.60 Å². The first-order chi connectivity index (χ1) is 11.1. The number of nitrogen functional groups attached to an aromatic ring is 1. The van der Waals surface area contributed by atoms with E-state index in [2.05, 4.69) is 0 Å². The first-order valence-corrected chi connectivity index (χ1v) is 8.15. The molecular weight excluding hydrogens is 308 g/mol. The molecule has 1 aliphatic rings. The third kappa shape index (κ3) is 4.19. The van der Waals surface area contributed by atoms with Crippen molar-refractivity contribution < 1.29 is 19.1 Å². The van der Waals surface area contributed by atoms with Crippen LogP contribution in [0.1, 0.15) is 39.7 Å². The number of benzene rings is 1. The molecule has 0 saturated carbocycles. The molecule has 132 valence electrons. The minimum atomic E-state index is -0.548. The smallest absolute Gasteiger partial charge is 0.410 e. The largest absolute Gasteiger partial charge is 0.466 e. The minimum absolute atomic E-state index is 0.212. The van der Waals surface area contributed by atoms with E-state index in [4.69, 9.17) is 15.2 Å². The maximum atomic E-state index is 12.2. The van der Waals surface area contributed by atoms with Gasteiger partial charge in [0.15, 0.2) is 0 Å². The maximum Gasteiger partial charge on any atom is 0.410 e. The molecule has 0 radical (unpaired) electrons. The molecule has 0 unspecified atom stereocenters. The van der Waals surface area contributed by atoms with Crippen LogP contribution in [0.15, 0.2) is 24.3 Å². The number of rotatable bonds is 4. The molecule has 0 atom stereocenters. The van der Waals surface area contributed by atoms with Gasteiger partial charge in [0.05, 0.1) is 13.0 Å². The first-order valence-electron chi connectivity index (χ1n) is 8.15. The van der Waals surface area contributed by atoms with Gasteiger partial charge in [0.2, 0.25) is 0 Å². The number of carbonyl (C=O) groups is 2. The number of carbonyl (C=O) groups excluding carboxylic acids is 2. The number of anilines is 1. The Kier molecular flexibility index (Phi) is 5.06. The summed E-state index contributed by atoms with van der Waals surface area (Å²) in [6, 6.07) is 7.44. The van der Waals surface area contributed by atoms with E-state index in [1.54, 1.807) is 17.9 Å². The van der Waals surface area contributed by atoms with Gasteiger partial charge in [-0.2, -0.15) is 0 Å². The van der Waals surface area contributed by atoms with Crippen LogP contribution in [0.2, 0.25) is 0 Å². The summed E-state index contributed by atoms with van der Waals surface area (Å²) in [6.45, 7) is 8.41. The fourth-order valence-corrected chi connectivity index (χ4v) is 2.89. The minimum Gasteiger partial charge on any atom is -0.466 e. The first kappa shape index (κ1) is 18.1. The van der Waals surface area contributed by atoms with E-state index in [0.29, 0.717) is 25.4 Å². The van der Waals surface area contributed by atoms with Crippen molar-refractivity contribution >= 4 is 17.7 Å². The lowest BCUT2D eigenvalue weighted by molar-refractivity contribution is -0.146. The van der Waals surface area contributed by atoms with Crippen LogP contribution in [-0.4, -0.2) is 42.3 Å². The van der Waals surface area contributed by atoms with Gasteiger partial charge in [-0.1, -0.05) is 12.1 Å². The van der Waals surface area contributed by atoms with Crippen LogP contribution in [0.4, 0.5) is 10.5 Å². The zero-order valence-corrected chi connectivity index (χ0v) is 14.8. The third-order valence-corrected chi connectivity index (χ3v) is 3.93. The van der Waals surface area contributed by atoms with Gasteiger partial charge in [-0.05, 0) is 45.4 Å². The molecule has 1 aliphatic heterocycles. The highest BCUT2D eigenvalue weighted by molar-refractivity contribution is 5.75. The molecule has 1 aromatic rings. The lowest BCUT2D eigenvalue weighted by Crippen LogP contribution is -2.62. The Balaban J connectivity index is 2.16. The second kappa shape index (κ2) is 6.71. The van der Waals surface area contributed by atoms with Crippen LogP contribution in [0.3, 0.4) is 0 Å². The summed E-state index contributed by atoms with van der Waals surface area (Å²) in [7, 11) is 0. The Labute approximate surface area is 142 Å². The predicted molar refractivity (Wildman–Crippen MR) is 91.6 cm³/mol. The second-order valence-corrected chi connectivity index (χ2v) is 7.22. The zero-order valence-electron chi connectivity index (χ0n) is 14.8. The molecule has 1 amide bonds. The molecule has 24 heavy (non-hydrogen) atoms. The molecule has 1 fully saturated rings. The number of nitrogens with two attached hydrogens (primary N) is 1. The SMILES string of the molecule is CCOC(=O)CC1(c2cccc(N)c2)CN(C(=O)OC(C)(C)C)C1. The van der Waals surface area contributed by atoms with Crippen LogP contribution in [0, 0.1) is 0 Å². The molecule has 6 nitrogen and oxygen atoms in total. The van der Waals surface area contributed by atoms with Gasteiger partial charge in [0.25, 0.3) is 0 Å². The Morgan fingerprint density at radius 1 is 1.29 bits per heavy atom. The Morgan fingerprint density at radius 3 is 2.50 bits per heavy atom. The van der Waals surface area contributed by atoms with Gasteiger partial charge in [-0.3, -0.25) is 4.79 Å². The summed E-state index contributed by atoms with van der Waals surface area (Å²) in [5.74, 6) is -0.274. The number of likely N-dealkylation sites (tertiary alicyclic amines) is 1. The summed E-state index contributed by atoms with van der Waals surface area (Å²) in [5, 5.41) is 0. The highest BCUT2D eigenvalue weighted by Crippen LogP contribution is 2.39. The van der Waals surface area contributed by atoms with E-state index in [1.165, 1.54) is 0 Å². The topological polar surface area (TPSA) is 81.9 Å². The number of ether oxygens (including phenoxy) is 2. The van der Waals surface area contributed by atoms with E-state index >= 15 is 0 Å². The molecule has 0 aliphatic carbocycles. The molecule has 6 heteroatoms. The van der Waals surface area contributed by atoms with Gasteiger partial charge in [-0.25, -0.2) is 4.79 Å². The number of amides is 1. The summed E-state index contributed by atoms with van der Waals surface area (Å²) < 4.78 is 10.5. The number of hydrogen-bond acceptors (Lipinski definition) is 5. The van der Waals surface area contributed by atoms with Crippen molar-refractivity contribution in [1.29, 1.82) is 0 Å². The lowest BCUT2D eigenvalue weighted by Gasteiger charge is -2.49. The summed E-state index contributed by atoms with van der Waals surface area (Å²) in [5.41, 5.74) is 6.43. The fourth-order valence-electron chi connectivity index (χ4n) is 2.89. The lowest BCUT2D eigenvalue weighted by atomic mass is 9.71. The van der Waals surface area contributed by atoms with E-state index in [0.717, 1.165) is 5.56 Å². The molecular formula is C18H26N2O4. The normalized spacial score (nSPS) is 16.2. The predicted octanol–water partition coefficient (Wildman–Crippen LogP) is 2.71. The van der Waals surface area contributed by atoms with E-state index in [1.807, 2.05) is 39.0 Å². The van der Waals surface area contributed by atoms with Crippen molar-refractivity contribution in [1.82, 2.24) is 4.90 Å². The van der Waals surface area contributed by atoms with Crippen LogP contribution in [0.5, 0.6) is 0 Å². The van der Waals surface area contributed by atoms with Gasteiger partial charge in [0, 0.05) is 24.2 Å². The van der Waals surface area contributed by atoms with Gasteiger partial charge >= 0.3 is 12.1 Å². The quantitative estimate of drug-likeness (QED) is 0.676. The van der Waals surface area contributed by atoms with Crippen LogP contribution in [0.25, 0.3) is 0 Å². The van der Waals surface area contributed by atoms with Gasteiger partial charge in [-0.15, -0.1) is 0 Å². The van der Waals surface area contributed by atoms with Crippen LogP contribution >= 0.6 is 0 Å². The molecule has 1 heterocycles. The summed E-state index contributed by atoms with van der Waals surface area (Å²) in [6.07, 6.45) is -0.158. The molecule has 1 aromatic carbocycles. The van der Waals surface area contributed by atoms with Crippen LogP contribution in [-0.2, 0) is 19.7 Å². The van der Waals surface area contributed by atoms with Crippen molar-refractivity contribution in [2.75, 3.05) is 25.4 Å². The zero-order chi connectivity index (χ0) is 18.0. The highest BCUT2D eigenvalue weighted by Gasteiger charge is 2.49. The molecule has 2 N–H and O–H groups in total. The van der Waals surface area contributed by atoms with Crippen molar-refractivity contribution in [2.45, 2.75) is 45.1 Å². The molecule has 1 saturated heterocycles.